The van der Waals surface area contributed by atoms with Crippen LogP contribution in [0.15, 0.2) is 0 Å². The molecule has 1 atom stereocenters. The van der Waals surface area contributed by atoms with Crippen LogP contribution in [0.5, 0.6) is 0 Å². The quantitative estimate of drug-likeness (QED) is 0.776. The van der Waals surface area contributed by atoms with Gasteiger partial charge >= 0.3 is 12.0 Å². The molecule has 0 spiro atoms. The highest BCUT2D eigenvalue weighted by Gasteiger charge is 2.29. The number of carbonyl (C=O) groups is 2. The lowest BCUT2D eigenvalue weighted by Gasteiger charge is -2.39. The van der Waals surface area contributed by atoms with Crippen molar-refractivity contribution in [3.8, 4) is 0 Å². The summed E-state index contributed by atoms with van der Waals surface area (Å²) >= 11 is 0. The molecule has 1 fully saturated rings. The molecule has 7 nitrogen and oxygen atoms in total. The zero-order valence-corrected chi connectivity index (χ0v) is 13.4. The summed E-state index contributed by atoms with van der Waals surface area (Å²) < 4.78 is 5.05. The van der Waals surface area contributed by atoms with Crippen LogP contribution in [0.1, 0.15) is 20.8 Å². The molecule has 0 aliphatic carbocycles. The smallest absolute Gasteiger partial charge is 0.320 e. The standard InChI is InChI=1S/C14H27N3O4/c1-11(2)17(9-10-21-4)14(20)16-7-5-15(6-8-16)12(3)13(18)19/h11-12H,5-10H2,1-4H3,(H,18,19). The van der Waals surface area contributed by atoms with E-state index < -0.39 is 12.0 Å². The van der Waals surface area contributed by atoms with Crippen LogP contribution in [0.2, 0.25) is 0 Å². The highest BCUT2D eigenvalue weighted by Crippen LogP contribution is 2.11. The van der Waals surface area contributed by atoms with Crippen LogP contribution in [0, 0.1) is 0 Å². The molecule has 1 unspecified atom stereocenters. The average Bonchev–Trinajstić information content (AvgIpc) is 2.46. The predicted molar refractivity (Wildman–Crippen MR) is 79.4 cm³/mol. The van der Waals surface area contributed by atoms with Gasteiger partial charge in [-0.05, 0) is 20.8 Å². The monoisotopic (exact) mass is 301 g/mol. The van der Waals surface area contributed by atoms with Gasteiger partial charge < -0.3 is 19.6 Å². The summed E-state index contributed by atoms with van der Waals surface area (Å²) in [5, 5.41) is 9.02. The first kappa shape index (κ1) is 17.7. The van der Waals surface area contributed by atoms with Crippen LogP contribution < -0.4 is 0 Å². The maximum absolute atomic E-state index is 12.5. The van der Waals surface area contributed by atoms with Gasteiger partial charge in [0.25, 0.3) is 0 Å². The van der Waals surface area contributed by atoms with Crippen molar-refractivity contribution in [3.05, 3.63) is 0 Å². The molecule has 0 radical (unpaired) electrons. The first-order valence-electron chi connectivity index (χ1n) is 7.39. The third-order valence-corrected chi connectivity index (χ3v) is 3.90. The van der Waals surface area contributed by atoms with E-state index in [1.165, 1.54) is 0 Å². The summed E-state index contributed by atoms with van der Waals surface area (Å²) in [5.41, 5.74) is 0. The van der Waals surface area contributed by atoms with E-state index in [0.29, 0.717) is 39.3 Å². The highest BCUT2D eigenvalue weighted by molar-refractivity contribution is 5.75. The van der Waals surface area contributed by atoms with Crippen LogP contribution in [0.25, 0.3) is 0 Å². The number of hydrogen-bond donors (Lipinski definition) is 1. The van der Waals surface area contributed by atoms with Gasteiger partial charge in [0, 0.05) is 45.9 Å². The predicted octanol–water partition coefficient (Wildman–Crippen LogP) is 0.554. The number of carboxylic acids is 1. The Kier molecular flexibility index (Phi) is 6.91. The van der Waals surface area contributed by atoms with E-state index in [9.17, 15) is 9.59 Å². The zero-order chi connectivity index (χ0) is 16.0. The SMILES string of the molecule is COCCN(C(=O)N1CCN(C(C)C(=O)O)CC1)C(C)C. The molecule has 1 N–H and O–H groups in total. The average molecular weight is 301 g/mol. The number of urea groups is 1. The second-order valence-electron chi connectivity index (χ2n) is 5.60. The van der Waals surface area contributed by atoms with Gasteiger partial charge in [-0.15, -0.1) is 0 Å². The molecular weight excluding hydrogens is 274 g/mol. The van der Waals surface area contributed by atoms with E-state index in [1.807, 2.05) is 18.7 Å². The number of nitrogens with zero attached hydrogens (tertiary/aromatic N) is 3. The van der Waals surface area contributed by atoms with Crippen LogP contribution >= 0.6 is 0 Å². The lowest BCUT2D eigenvalue weighted by molar-refractivity contribution is -0.143. The molecule has 0 aromatic carbocycles. The topological polar surface area (TPSA) is 73.3 Å². The molecule has 2 amide bonds. The van der Waals surface area contributed by atoms with Crippen molar-refractivity contribution < 1.29 is 19.4 Å². The number of carboxylic acid groups (broad SMARTS) is 1. The summed E-state index contributed by atoms with van der Waals surface area (Å²) in [7, 11) is 1.62. The molecule has 0 aromatic heterocycles. The van der Waals surface area contributed by atoms with Crippen molar-refractivity contribution in [2.75, 3.05) is 46.4 Å². The second-order valence-corrected chi connectivity index (χ2v) is 5.60. The summed E-state index contributed by atoms with van der Waals surface area (Å²) in [6.07, 6.45) is 0. The molecule has 1 heterocycles. The van der Waals surface area contributed by atoms with E-state index >= 15 is 0 Å². The Morgan fingerprint density at radius 2 is 1.76 bits per heavy atom. The number of hydrogen-bond acceptors (Lipinski definition) is 4. The molecular formula is C14H27N3O4. The zero-order valence-electron chi connectivity index (χ0n) is 13.4. The Bertz CT molecular complexity index is 354. The van der Waals surface area contributed by atoms with Gasteiger partial charge in [-0.1, -0.05) is 0 Å². The molecule has 1 saturated heterocycles. The third kappa shape index (κ3) is 4.86. The Morgan fingerprint density at radius 3 is 2.19 bits per heavy atom. The lowest BCUT2D eigenvalue weighted by atomic mass is 10.2. The summed E-state index contributed by atoms with van der Waals surface area (Å²) in [6, 6.07) is -0.384. The van der Waals surface area contributed by atoms with E-state index in [2.05, 4.69) is 0 Å². The minimum Gasteiger partial charge on any atom is -0.480 e. The van der Waals surface area contributed by atoms with Gasteiger partial charge in [0.1, 0.15) is 6.04 Å². The minimum atomic E-state index is -0.821. The van der Waals surface area contributed by atoms with Crippen LogP contribution in [0.3, 0.4) is 0 Å². The van der Waals surface area contributed by atoms with Crippen molar-refractivity contribution in [2.24, 2.45) is 0 Å². The molecule has 1 aliphatic heterocycles. The van der Waals surface area contributed by atoms with Crippen LogP contribution in [0.4, 0.5) is 4.79 Å². The summed E-state index contributed by atoms with van der Waals surface area (Å²) in [6.45, 7) is 9.04. The minimum absolute atomic E-state index is 0.00433. The number of carbonyl (C=O) groups excluding carboxylic acids is 1. The maximum Gasteiger partial charge on any atom is 0.320 e. The fraction of sp³-hybridized carbons (Fsp3) is 0.857. The largest absolute Gasteiger partial charge is 0.480 e. The van der Waals surface area contributed by atoms with Crippen molar-refractivity contribution in [3.63, 3.8) is 0 Å². The lowest BCUT2D eigenvalue weighted by Crippen LogP contribution is -2.57. The normalized spacial score (nSPS) is 17.9. The number of rotatable bonds is 6. The Balaban J connectivity index is 2.55. The van der Waals surface area contributed by atoms with Gasteiger partial charge in [0.05, 0.1) is 6.61 Å². The number of ether oxygens (including phenoxy) is 1. The molecule has 0 bridgehead atoms. The van der Waals surface area contributed by atoms with E-state index in [1.54, 1.807) is 23.8 Å². The summed E-state index contributed by atoms with van der Waals surface area (Å²) in [4.78, 5) is 29.0. The molecule has 1 rings (SSSR count). The van der Waals surface area contributed by atoms with Gasteiger partial charge in [-0.25, -0.2) is 4.79 Å². The third-order valence-electron chi connectivity index (χ3n) is 3.90. The number of piperazine rings is 1. The first-order valence-corrected chi connectivity index (χ1v) is 7.39. The van der Waals surface area contributed by atoms with E-state index in [0.717, 1.165) is 0 Å². The van der Waals surface area contributed by atoms with E-state index in [-0.39, 0.29) is 12.1 Å². The van der Waals surface area contributed by atoms with Gasteiger partial charge in [0.15, 0.2) is 0 Å². The molecule has 122 valence electrons. The summed E-state index contributed by atoms with van der Waals surface area (Å²) in [5.74, 6) is -0.821. The second kappa shape index (κ2) is 8.19. The highest BCUT2D eigenvalue weighted by atomic mass is 16.5. The number of aliphatic carboxylic acids is 1. The molecule has 7 heteroatoms. The number of methoxy groups -OCH3 is 1. The Morgan fingerprint density at radius 1 is 1.19 bits per heavy atom. The van der Waals surface area contributed by atoms with Crippen molar-refractivity contribution in [1.82, 2.24) is 14.7 Å². The van der Waals surface area contributed by atoms with Gasteiger partial charge in [0.2, 0.25) is 0 Å². The fourth-order valence-electron chi connectivity index (χ4n) is 2.40. The Labute approximate surface area is 126 Å². The molecule has 0 aromatic rings. The molecule has 0 saturated carbocycles. The van der Waals surface area contributed by atoms with Gasteiger partial charge in [-0.3, -0.25) is 9.69 Å². The van der Waals surface area contributed by atoms with Crippen molar-refractivity contribution in [1.29, 1.82) is 0 Å². The van der Waals surface area contributed by atoms with Crippen molar-refractivity contribution in [2.45, 2.75) is 32.9 Å². The first-order chi connectivity index (χ1) is 9.88. The number of amides is 2. The fourth-order valence-corrected chi connectivity index (χ4v) is 2.40. The maximum atomic E-state index is 12.5. The van der Waals surface area contributed by atoms with Crippen LogP contribution in [-0.2, 0) is 9.53 Å². The van der Waals surface area contributed by atoms with Crippen molar-refractivity contribution >= 4 is 12.0 Å². The Hall–Kier alpha value is -1.34. The molecule has 21 heavy (non-hydrogen) atoms. The van der Waals surface area contributed by atoms with E-state index in [4.69, 9.17) is 9.84 Å². The van der Waals surface area contributed by atoms with Crippen LogP contribution in [-0.4, -0.2) is 90.3 Å². The molecule has 1 aliphatic rings. The van der Waals surface area contributed by atoms with Gasteiger partial charge in [-0.2, -0.15) is 0 Å².